The topological polar surface area (TPSA) is 66.9 Å². The second-order valence-corrected chi connectivity index (χ2v) is 3.86. The Bertz CT molecular complexity index is 575. The molecule has 0 saturated heterocycles. The van der Waals surface area contributed by atoms with Crippen LogP contribution >= 0.6 is 11.5 Å². The summed E-state index contributed by atoms with van der Waals surface area (Å²) in [5, 5.41) is 7.83. The number of carbonyl (C=O) groups excluding carboxylic acids is 1. The summed E-state index contributed by atoms with van der Waals surface area (Å²) in [7, 11) is 0. The molecule has 0 atom stereocenters. The van der Waals surface area contributed by atoms with Gasteiger partial charge in [-0.1, -0.05) is 4.49 Å². The van der Waals surface area contributed by atoms with Gasteiger partial charge in [-0.25, -0.2) is 18.0 Å². The zero-order valence-electron chi connectivity index (χ0n) is 8.58. The standard InChI is InChI=1S/C9H5F3N4OS/c10-4-1-2-5(11)8(7(4)12)15-9(17)14-6-3-13-16-18-6/h1-3H,(H2,14,15,17). The largest absolute Gasteiger partial charge is 0.324 e. The molecule has 0 aliphatic carbocycles. The van der Waals surface area contributed by atoms with Crippen molar-refractivity contribution < 1.29 is 18.0 Å². The van der Waals surface area contributed by atoms with Gasteiger partial charge in [0.05, 0.1) is 6.20 Å². The summed E-state index contributed by atoms with van der Waals surface area (Å²) >= 11 is 0.879. The van der Waals surface area contributed by atoms with E-state index >= 15 is 0 Å². The number of hydrogen-bond donors (Lipinski definition) is 2. The van der Waals surface area contributed by atoms with Crippen molar-refractivity contribution in [1.82, 2.24) is 9.59 Å². The van der Waals surface area contributed by atoms with Crippen LogP contribution in [0, 0.1) is 17.5 Å². The number of rotatable bonds is 2. The van der Waals surface area contributed by atoms with Crippen LogP contribution in [0.1, 0.15) is 0 Å². The zero-order valence-corrected chi connectivity index (χ0v) is 9.39. The number of nitrogens with one attached hydrogen (secondary N) is 2. The van der Waals surface area contributed by atoms with Crippen LogP contribution in [0.5, 0.6) is 0 Å². The highest BCUT2D eigenvalue weighted by Gasteiger charge is 2.16. The maximum Gasteiger partial charge on any atom is 0.324 e. The summed E-state index contributed by atoms with van der Waals surface area (Å²) in [4.78, 5) is 11.4. The minimum absolute atomic E-state index is 0.282. The highest BCUT2D eigenvalue weighted by atomic mass is 32.1. The fourth-order valence-electron chi connectivity index (χ4n) is 1.12. The van der Waals surface area contributed by atoms with E-state index in [0.717, 1.165) is 11.5 Å². The first kappa shape index (κ1) is 12.3. The molecule has 0 unspecified atom stereocenters. The number of urea groups is 1. The lowest BCUT2D eigenvalue weighted by Crippen LogP contribution is -2.20. The predicted octanol–water partition coefficient (Wildman–Crippen LogP) is 2.60. The van der Waals surface area contributed by atoms with E-state index in [4.69, 9.17) is 0 Å². The Labute approximate surface area is 103 Å². The third-order valence-corrected chi connectivity index (χ3v) is 2.46. The number of anilines is 2. The highest BCUT2D eigenvalue weighted by molar-refractivity contribution is 7.10. The lowest BCUT2D eigenvalue weighted by Gasteiger charge is -2.07. The molecule has 2 aromatic rings. The van der Waals surface area contributed by atoms with Gasteiger partial charge in [0.25, 0.3) is 0 Å². The minimum Gasteiger partial charge on any atom is -0.302 e. The molecule has 0 fully saturated rings. The normalized spacial score (nSPS) is 10.2. The molecule has 2 rings (SSSR count). The molecule has 5 nitrogen and oxygen atoms in total. The molecular formula is C9H5F3N4OS. The Morgan fingerprint density at radius 1 is 1.17 bits per heavy atom. The molecule has 94 valence electrons. The smallest absolute Gasteiger partial charge is 0.302 e. The number of hydrogen-bond acceptors (Lipinski definition) is 4. The lowest BCUT2D eigenvalue weighted by atomic mass is 10.3. The molecule has 18 heavy (non-hydrogen) atoms. The SMILES string of the molecule is O=C(Nc1cnns1)Nc1c(F)ccc(F)c1F. The first-order valence-electron chi connectivity index (χ1n) is 4.57. The highest BCUT2D eigenvalue weighted by Crippen LogP contribution is 2.21. The number of benzene rings is 1. The number of aromatic nitrogens is 2. The molecule has 1 heterocycles. The summed E-state index contributed by atoms with van der Waals surface area (Å²) in [6.07, 6.45) is 1.25. The molecule has 0 spiro atoms. The molecule has 2 amide bonds. The Kier molecular flexibility index (Phi) is 3.42. The van der Waals surface area contributed by atoms with Gasteiger partial charge >= 0.3 is 6.03 Å². The molecule has 9 heteroatoms. The van der Waals surface area contributed by atoms with Crippen LogP contribution < -0.4 is 10.6 Å². The number of halogens is 3. The first-order chi connectivity index (χ1) is 8.58. The number of nitrogens with zero attached hydrogens (tertiary/aromatic N) is 2. The van der Waals surface area contributed by atoms with E-state index in [0.29, 0.717) is 12.1 Å². The fraction of sp³-hybridized carbons (Fsp3) is 0. The third-order valence-electron chi connectivity index (χ3n) is 1.88. The predicted molar refractivity (Wildman–Crippen MR) is 58.9 cm³/mol. The summed E-state index contributed by atoms with van der Waals surface area (Å²) in [6.45, 7) is 0. The quantitative estimate of drug-likeness (QED) is 0.827. The molecule has 1 aromatic heterocycles. The van der Waals surface area contributed by atoms with Crippen LogP contribution in [0.2, 0.25) is 0 Å². The van der Waals surface area contributed by atoms with Crippen molar-refractivity contribution in [2.45, 2.75) is 0 Å². The Morgan fingerprint density at radius 2 is 1.89 bits per heavy atom. The van der Waals surface area contributed by atoms with Crippen LogP contribution in [-0.4, -0.2) is 15.6 Å². The van der Waals surface area contributed by atoms with E-state index in [1.54, 1.807) is 0 Å². The van der Waals surface area contributed by atoms with Crippen LogP contribution in [0.4, 0.5) is 28.7 Å². The minimum atomic E-state index is -1.47. The van der Waals surface area contributed by atoms with Crippen LogP contribution in [0.25, 0.3) is 0 Å². The fourth-order valence-corrected chi connectivity index (χ4v) is 1.54. The Morgan fingerprint density at radius 3 is 2.56 bits per heavy atom. The van der Waals surface area contributed by atoms with Crippen molar-refractivity contribution in [2.24, 2.45) is 0 Å². The zero-order chi connectivity index (χ0) is 13.1. The van der Waals surface area contributed by atoms with Crippen molar-refractivity contribution in [1.29, 1.82) is 0 Å². The van der Waals surface area contributed by atoms with Crippen molar-refractivity contribution in [3.05, 3.63) is 35.8 Å². The van der Waals surface area contributed by atoms with Gasteiger partial charge in [0.1, 0.15) is 16.5 Å². The van der Waals surface area contributed by atoms with Crippen LogP contribution in [-0.2, 0) is 0 Å². The average Bonchev–Trinajstić information content (AvgIpc) is 2.82. The van der Waals surface area contributed by atoms with Crippen molar-refractivity contribution in [2.75, 3.05) is 10.6 Å². The summed E-state index contributed by atoms with van der Waals surface area (Å²) in [5.41, 5.74) is -0.857. The van der Waals surface area contributed by atoms with Gasteiger partial charge in [-0.2, -0.15) is 0 Å². The van der Waals surface area contributed by atoms with E-state index < -0.39 is 29.2 Å². The van der Waals surface area contributed by atoms with Crippen molar-refractivity contribution in [3.63, 3.8) is 0 Å². The second kappa shape index (κ2) is 5.00. The number of amides is 2. The van der Waals surface area contributed by atoms with Crippen molar-refractivity contribution >= 4 is 28.3 Å². The van der Waals surface area contributed by atoms with Gasteiger partial charge in [0.2, 0.25) is 0 Å². The molecule has 0 aliphatic heterocycles. The summed E-state index contributed by atoms with van der Waals surface area (Å²) in [6, 6.07) is 0.410. The van der Waals surface area contributed by atoms with Gasteiger partial charge in [0.15, 0.2) is 11.6 Å². The van der Waals surface area contributed by atoms with Gasteiger partial charge in [-0.3, -0.25) is 5.32 Å². The molecule has 0 bridgehead atoms. The van der Waals surface area contributed by atoms with Crippen LogP contribution in [0.15, 0.2) is 18.3 Å². The Balaban J connectivity index is 2.14. The summed E-state index contributed by atoms with van der Waals surface area (Å²) in [5.74, 6) is -3.80. The van der Waals surface area contributed by atoms with E-state index in [9.17, 15) is 18.0 Å². The second-order valence-electron chi connectivity index (χ2n) is 3.08. The molecule has 0 radical (unpaired) electrons. The van der Waals surface area contributed by atoms with Gasteiger partial charge in [-0.15, -0.1) is 5.10 Å². The molecular weight excluding hydrogens is 269 g/mol. The molecule has 1 aromatic carbocycles. The van der Waals surface area contributed by atoms with Gasteiger partial charge in [-0.05, 0) is 12.1 Å². The van der Waals surface area contributed by atoms with E-state index in [1.807, 2.05) is 5.32 Å². The molecule has 2 N–H and O–H groups in total. The first-order valence-corrected chi connectivity index (χ1v) is 5.34. The lowest BCUT2D eigenvalue weighted by molar-refractivity contribution is 0.262. The van der Waals surface area contributed by atoms with E-state index in [2.05, 4.69) is 14.9 Å². The number of carbonyl (C=O) groups is 1. The molecule has 0 saturated carbocycles. The summed E-state index contributed by atoms with van der Waals surface area (Å²) < 4.78 is 42.7. The Hall–Kier alpha value is -2.16. The van der Waals surface area contributed by atoms with Gasteiger partial charge < -0.3 is 5.32 Å². The maximum atomic E-state index is 13.2. The van der Waals surface area contributed by atoms with Gasteiger partial charge in [0, 0.05) is 11.5 Å². The van der Waals surface area contributed by atoms with E-state index in [-0.39, 0.29) is 5.00 Å². The van der Waals surface area contributed by atoms with Crippen molar-refractivity contribution in [3.8, 4) is 0 Å². The third kappa shape index (κ3) is 2.56. The van der Waals surface area contributed by atoms with E-state index in [1.165, 1.54) is 6.20 Å². The van der Waals surface area contributed by atoms with Crippen LogP contribution in [0.3, 0.4) is 0 Å². The molecule has 0 aliphatic rings. The average molecular weight is 274 g/mol. The monoisotopic (exact) mass is 274 g/mol. The maximum absolute atomic E-state index is 13.2.